The fourth-order valence-corrected chi connectivity index (χ4v) is 2.18. The molecule has 0 aliphatic rings. The van der Waals surface area contributed by atoms with Gasteiger partial charge in [-0.1, -0.05) is 12.1 Å². The summed E-state index contributed by atoms with van der Waals surface area (Å²) in [6.45, 7) is 2.30. The van der Waals surface area contributed by atoms with Gasteiger partial charge in [-0.3, -0.25) is 4.79 Å². The molecule has 0 atom stereocenters. The number of nitrogens with zero attached hydrogens (tertiary/aromatic N) is 2. The Morgan fingerprint density at radius 1 is 1.33 bits per heavy atom. The van der Waals surface area contributed by atoms with E-state index in [1.807, 2.05) is 31.2 Å². The smallest absolute Gasteiger partial charge is 0.281 e. The molecule has 1 heterocycles. The fraction of sp³-hybridized carbons (Fsp3) is 0.231. The van der Waals surface area contributed by atoms with Crippen LogP contribution in [0.3, 0.4) is 0 Å². The zero-order valence-electron chi connectivity index (χ0n) is 10.2. The summed E-state index contributed by atoms with van der Waals surface area (Å²) in [5, 5.41) is 4.21. The summed E-state index contributed by atoms with van der Waals surface area (Å²) in [7, 11) is 1.62. The summed E-state index contributed by atoms with van der Waals surface area (Å²) in [6, 6.07) is 9.29. The van der Waals surface area contributed by atoms with Crippen LogP contribution in [0.4, 0.5) is 0 Å². The summed E-state index contributed by atoms with van der Waals surface area (Å²) in [4.78, 5) is 11.9. The van der Waals surface area contributed by atoms with E-state index in [1.54, 1.807) is 13.2 Å². The van der Waals surface area contributed by atoms with Crippen LogP contribution in [0, 0.1) is 6.92 Å². The van der Waals surface area contributed by atoms with Crippen LogP contribution in [0.25, 0.3) is 0 Å². The fourth-order valence-electron chi connectivity index (χ4n) is 1.64. The molecule has 1 aromatic heterocycles. The van der Waals surface area contributed by atoms with E-state index >= 15 is 0 Å². The van der Waals surface area contributed by atoms with Crippen molar-refractivity contribution >= 4 is 15.9 Å². The van der Waals surface area contributed by atoms with Gasteiger partial charge in [0.1, 0.15) is 5.75 Å². The van der Waals surface area contributed by atoms with Crippen LogP contribution < -0.4 is 10.3 Å². The minimum atomic E-state index is -0.128. The van der Waals surface area contributed by atoms with Crippen molar-refractivity contribution in [2.24, 2.45) is 0 Å². The van der Waals surface area contributed by atoms with Crippen molar-refractivity contribution in [1.82, 2.24) is 9.78 Å². The van der Waals surface area contributed by atoms with Crippen molar-refractivity contribution in [3.8, 4) is 5.75 Å². The lowest BCUT2D eigenvalue weighted by Gasteiger charge is -2.07. The normalized spacial score (nSPS) is 10.4. The molecule has 0 aliphatic heterocycles. The Bertz CT molecular complexity index is 605. The molecule has 1 aromatic carbocycles. The molecule has 2 rings (SSSR count). The first-order chi connectivity index (χ1) is 8.60. The summed E-state index contributed by atoms with van der Waals surface area (Å²) < 4.78 is 7.07. The van der Waals surface area contributed by atoms with Gasteiger partial charge >= 0.3 is 0 Å². The Kier molecular flexibility index (Phi) is 3.81. The summed E-state index contributed by atoms with van der Waals surface area (Å²) in [6.07, 6.45) is 0. The lowest BCUT2D eigenvalue weighted by atomic mass is 10.2. The Balaban J connectivity index is 2.31. The number of hydrogen-bond acceptors (Lipinski definition) is 3. The number of aromatic nitrogens is 2. The molecule has 0 unspecified atom stereocenters. The van der Waals surface area contributed by atoms with Crippen molar-refractivity contribution in [2.75, 3.05) is 7.11 Å². The summed E-state index contributed by atoms with van der Waals surface area (Å²) in [5.41, 5.74) is 1.68. The maximum atomic E-state index is 11.9. The van der Waals surface area contributed by atoms with Crippen molar-refractivity contribution in [1.29, 1.82) is 0 Å². The second-order valence-electron chi connectivity index (χ2n) is 3.94. The molecule has 2 aromatic rings. The maximum Gasteiger partial charge on any atom is 0.281 e. The van der Waals surface area contributed by atoms with Crippen LogP contribution in [0.5, 0.6) is 5.75 Å². The van der Waals surface area contributed by atoms with Crippen LogP contribution in [0.15, 0.2) is 39.6 Å². The molecule has 0 N–H and O–H groups in total. The van der Waals surface area contributed by atoms with Crippen LogP contribution in [0.2, 0.25) is 0 Å². The van der Waals surface area contributed by atoms with Gasteiger partial charge in [0, 0.05) is 0 Å². The number of benzene rings is 1. The minimum Gasteiger partial charge on any atom is -0.497 e. The number of rotatable bonds is 3. The second kappa shape index (κ2) is 5.35. The van der Waals surface area contributed by atoms with Crippen LogP contribution in [-0.2, 0) is 6.54 Å². The Morgan fingerprint density at radius 2 is 2.00 bits per heavy atom. The molecule has 0 aliphatic carbocycles. The van der Waals surface area contributed by atoms with Gasteiger partial charge in [0.15, 0.2) is 0 Å². The molecule has 4 nitrogen and oxygen atoms in total. The lowest BCUT2D eigenvalue weighted by molar-refractivity contribution is 0.414. The summed E-state index contributed by atoms with van der Waals surface area (Å²) >= 11 is 3.24. The molecule has 18 heavy (non-hydrogen) atoms. The highest BCUT2D eigenvalue weighted by molar-refractivity contribution is 9.10. The zero-order valence-corrected chi connectivity index (χ0v) is 11.8. The van der Waals surface area contributed by atoms with E-state index in [0.29, 0.717) is 11.0 Å². The number of methoxy groups -OCH3 is 1. The van der Waals surface area contributed by atoms with Gasteiger partial charge in [-0.2, -0.15) is 5.10 Å². The first-order valence-electron chi connectivity index (χ1n) is 5.47. The van der Waals surface area contributed by atoms with Crippen LogP contribution in [-0.4, -0.2) is 16.9 Å². The molecule has 5 heteroatoms. The lowest BCUT2D eigenvalue weighted by Crippen LogP contribution is -2.24. The topological polar surface area (TPSA) is 44.1 Å². The Hall–Kier alpha value is -1.62. The van der Waals surface area contributed by atoms with Gasteiger partial charge in [-0.15, -0.1) is 0 Å². The van der Waals surface area contributed by atoms with E-state index < -0.39 is 0 Å². The van der Waals surface area contributed by atoms with E-state index in [0.717, 1.165) is 17.0 Å². The van der Waals surface area contributed by atoms with Gasteiger partial charge in [-0.25, -0.2) is 4.68 Å². The molecule has 94 valence electrons. The van der Waals surface area contributed by atoms with Gasteiger partial charge in [0.25, 0.3) is 5.56 Å². The van der Waals surface area contributed by atoms with E-state index in [1.165, 1.54) is 4.68 Å². The molecule has 0 bridgehead atoms. The Morgan fingerprint density at radius 3 is 2.61 bits per heavy atom. The van der Waals surface area contributed by atoms with Crippen molar-refractivity contribution in [3.05, 3.63) is 56.4 Å². The highest BCUT2D eigenvalue weighted by Crippen LogP contribution is 2.12. The average molecular weight is 309 g/mol. The second-order valence-corrected chi connectivity index (χ2v) is 4.80. The first kappa shape index (κ1) is 12.8. The van der Waals surface area contributed by atoms with Gasteiger partial charge < -0.3 is 4.74 Å². The number of halogens is 1. The standard InChI is InChI=1S/C13H13BrN2O2/c1-9-7-12(14)13(17)16(15-9)8-10-3-5-11(18-2)6-4-10/h3-7H,8H2,1-2H3. The molecular formula is C13H13BrN2O2. The maximum absolute atomic E-state index is 11.9. The highest BCUT2D eigenvalue weighted by atomic mass is 79.9. The Labute approximate surface area is 113 Å². The largest absolute Gasteiger partial charge is 0.497 e. The van der Waals surface area contributed by atoms with E-state index in [4.69, 9.17) is 4.74 Å². The molecule has 0 fully saturated rings. The van der Waals surface area contributed by atoms with E-state index in [-0.39, 0.29) is 5.56 Å². The SMILES string of the molecule is COc1ccc(Cn2nc(C)cc(Br)c2=O)cc1. The van der Waals surface area contributed by atoms with Crippen molar-refractivity contribution < 1.29 is 4.74 Å². The number of aryl methyl sites for hydroxylation is 1. The van der Waals surface area contributed by atoms with E-state index in [9.17, 15) is 4.79 Å². The molecule has 0 saturated carbocycles. The molecule has 0 spiro atoms. The molecular weight excluding hydrogens is 296 g/mol. The predicted molar refractivity (Wildman–Crippen MR) is 73.0 cm³/mol. The summed E-state index contributed by atoms with van der Waals surface area (Å²) in [5.74, 6) is 0.796. The third kappa shape index (κ3) is 2.79. The van der Waals surface area contributed by atoms with Crippen molar-refractivity contribution in [3.63, 3.8) is 0 Å². The van der Waals surface area contributed by atoms with E-state index in [2.05, 4.69) is 21.0 Å². The quantitative estimate of drug-likeness (QED) is 0.874. The molecule has 0 radical (unpaired) electrons. The third-order valence-corrected chi connectivity index (χ3v) is 3.11. The first-order valence-corrected chi connectivity index (χ1v) is 6.26. The number of ether oxygens (including phenoxy) is 1. The minimum absolute atomic E-state index is 0.128. The van der Waals surface area contributed by atoms with Crippen LogP contribution in [0.1, 0.15) is 11.3 Å². The molecule has 0 amide bonds. The zero-order chi connectivity index (χ0) is 13.1. The number of hydrogen-bond donors (Lipinski definition) is 0. The monoisotopic (exact) mass is 308 g/mol. The molecule has 0 saturated heterocycles. The average Bonchev–Trinajstić information content (AvgIpc) is 2.36. The van der Waals surface area contributed by atoms with Gasteiger partial charge in [0.2, 0.25) is 0 Å². The highest BCUT2D eigenvalue weighted by Gasteiger charge is 2.05. The van der Waals surface area contributed by atoms with Gasteiger partial charge in [-0.05, 0) is 46.6 Å². The third-order valence-electron chi connectivity index (χ3n) is 2.54. The van der Waals surface area contributed by atoms with Gasteiger partial charge in [0.05, 0.1) is 23.8 Å². The van der Waals surface area contributed by atoms with Crippen LogP contribution >= 0.6 is 15.9 Å². The predicted octanol–water partition coefficient (Wildman–Crippen LogP) is 2.37. The van der Waals surface area contributed by atoms with Crippen molar-refractivity contribution in [2.45, 2.75) is 13.5 Å².